The summed E-state index contributed by atoms with van der Waals surface area (Å²) >= 11 is 0. The standard InChI is InChI=1S/C6H6FN.C6H6O/c7-5-3-1-2-4-6(5)8;7-6-4-2-1-3-5-6/h1-4H,8H2;1-5,7H. The van der Waals surface area contributed by atoms with E-state index in [1.807, 2.05) is 6.07 Å². The molecule has 3 heteroatoms. The Hall–Kier alpha value is -2.03. The van der Waals surface area contributed by atoms with Gasteiger partial charge in [0, 0.05) is 0 Å². The molecular weight excluding hydrogens is 193 g/mol. The van der Waals surface area contributed by atoms with Crippen LogP contribution in [0.5, 0.6) is 5.75 Å². The largest absolute Gasteiger partial charge is 0.508 e. The number of phenolic OH excluding ortho intramolecular Hbond substituents is 1. The number of nitrogens with two attached hydrogens (primary N) is 1. The van der Waals surface area contributed by atoms with Crippen LogP contribution in [0.1, 0.15) is 0 Å². The van der Waals surface area contributed by atoms with Crippen LogP contribution in [-0.4, -0.2) is 5.11 Å². The molecule has 0 amide bonds. The van der Waals surface area contributed by atoms with E-state index in [1.54, 1.807) is 36.4 Å². The Kier molecular flexibility index (Phi) is 4.16. The molecule has 2 aromatic carbocycles. The van der Waals surface area contributed by atoms with Crippen molar-refractivity contribution in [1.29, 1.82) is 0 Å². The lowest BCUT2D eigenvalue weighted by molar-refractivity contribution is 0.475. The molecule has 0 aliphatic carbocycles. The van der Waals surface area contributed by atoms with Crippen molar-refractivity contribution >= 4 is 5.69 Å². The van der Waals surface area contributed by atoms with Crippen molar-refractivity contribution in [2.75, 3.05) is 5.73 Å². The van der Waals surface area contributed by atoms with Gasteiger partial charge in [-0.2, -0.15) is 0 Å². The van der Waals surface area contributed by atoms with E-state index in [0.717, 1.165) is 0 Å². The molecule has 0 saturated carbocycles. The van der Waals surface area contributed by atoms with Crippen molar-refractivity contribution in [3.63, 3.8) is 0 Å². The van der Waals surface area contributed by atoms with Crippen LogP contribution < -0.4 is 5.73 Å². The fraction of sp³-hybridized carbons (Fsp3) is 0. The summed E-state index contributed by atoms with van der Waals surface area (Å²) in [6.07, 6.45) is 0. The Morgan fingerprint density at radius 2 is 1.40 bits per heavy atom. The third-order valence-corrected chi connectivity index (χ3v) is 1.66. The van der Waals surface area contributed by atoms with Crippen LogP contribution in [0.15, 0.2) is 54.6 Å². The molecule has 0 aliphatic rings. The third-order valence-electron chi connectivity index (χ3n) is 1.66. The van der Waals surface area contributed by atoms with Crippen LogP contribution >= 0.6 is 0 Å². The fourth-order valence-corrected chi connectivity index (χ4v) is 0.903. The first-order valence-electron chi connectivity index (χ1n) is 4.44. The predicted molar refractivity (Wildman–Crippen MR) is 58.9 cm³/mol. The number of phenols is 1. The summed E-state index contributed by atoms with van der Waals surface area (Å²) in [4.78, 5) is 0. The number of anilines is 1. The molecule has 2 nitrogen and oxygen atoms in total. The van der Waals surface area contributed by atoms with E-state index < -0.39 is 0 Å². The van der Waals surface area contributed by atoms with Gasteiger partial charge in [0.2, 0.25) is 0 Å². The van der Waals surface area contributed by atoms with Gasteiger partial charge in [0.1, 0.15) is 11.6 Å². The lowest BCUT2D eigenvalue weighted by Gasteiger charge is -1.89. The van der Waals surface area contributed by atoms with Crippen molar-refractivity contribution in [3.8, 4) is 5.75 Å². The quantitative estimate of drug-likeness (QED) is 0.649. The monoisotopic (exact) mass is 205 g/mol. The summed E-state index contributed by atoms with van der Waals surface area (Å²) in [6.45, 7) is 0. The molecule has 78 valence electrons. The molecular formula is C12H12FNO. The maximum Gasteiger partial charge on any atom is 0.146 e. The van der Waals surface area contributed by atoms with Crippen molar-refractivity contribution < 1.29 is 9.50 Å². The normalized spacial score (nSPS) is 8.87. The molecule has 15 heavy (non-hydrogen) atoms. The maximum atomic E-state index is 12.2. The summed E-state index contributed by atoms with van der Waals surface area (Å²) in [6, 6.07) is 14.9. The van der Waals surface area contributed by atoms with Gasteiger partial charge in [-0.15, -0.1) is 0 Å². The molecule has 3 N–H and O–H groups in total. The van der Waals surface area contributed by atoms with E-state index in [2.05, 4.69) is 0 Å². The lowest BCUT2D eigenvalue weighted by Crippen LogP contribution is -1.86. The second-order valence-electron chi connectivity index (χ2n) is 2.86. The first kappa shape index (κ1) is 11.0. The highest BCUT2D eigenvalue weighted by atomic mass is 19.1. The van der Waals surface area contributed by atoms with Gasteiger partial charge in [0.25, 0.3) is 0 Å². The first-order chi connectivity index (χ1) is 7.20. The molecule has 0 radical (unpaired) electrons. The van der Waals surface area contributed by atoms with E-state index >= 15 is 0 Å². The fourth-order valence-electron chi connectivity index (χ4n) is 0.903. The zero-order valence-electron chi connectivity index (χ0n) is 8.10. The molecule has 0 heterocycles. The molecule has 0 saturated heterocycles. The van der Waals surface area contributed by atoms with Gasteiger partial charge >= 0.3 is 0 Å². The van der Waals surface area contributed by atoms with E-state index in [1.165, 1.54) is 12.1 Å². The molecule has 0 fully saturated rings. The van der Waals surface area contributed by atoms with E-state index in [0.29, 0.717) is 5.75 Å². The molecule has 0 unspecified atom stereocenters. The summed E-state index contributed by atoms with van der Waals surface area (Å²) in [5.74, 6) is -0.0324. The van der Waals surface area contributed by atoms with Crippen molar-refractivity contribution in [2.45, 2.75) is 0 Å². The zero-order chi connectivity index (χ0) is 11.1. The molecule has 0 aliphatic heterocycles. The van der Waals surface area contributed by atoms with E-state index in [9.17, 15) is 4.39 Å². The van der Waals surface area contributed by atoms with Crippen LogP contribution in [-0.2, 0) is 0 Å². The van der Waals surface area contributed by atoms with Crippen LogP contribution in [0.2, 0.25) is 0 Å². The zero-order valence-corrected chi connectivity index (χ0v) is 8.10. The van der Waals surface area contributed by atoms with Crippen LogP contribution in [0.4, 0.5) is 10.1 Å². The molecule has 0 spiro atoms. The number of hydrogen-bond acceptors (Lipinski definition) is 2. The highest BCUT2D eigenvalue weighted by molar-refractivity contribution is 5.38. The first-order valence-corrected chi connectivity index (χ1v) is 4.44. The summed E-state index contributed by atoms with van der Waals surface area (Å²) in [7, 11) is 0. The maximum absolute atomic E-state index is 12.2. The van der Waals surface area contributed by atoms with Crippen molar-refractivity contribution in [2.24, 2.45) is 0 Å². The molecule has 2 rings (SSSR count). The number of nitrogen functional groups attached to an aromatic ring is 1. The number of aromatic hydroxyl groups is 1. The minimum Gasteiger partial charge on any atom is -0.508 e. The molecule has 0 aromatic heterocycles. The number of rotatable bonds is 0. The second kappa shape index (κ2) is 5.65. The van der Waals surface area contributed by atoms with Crippen LogP contribution in [0, 0.1) is 5.82 Å². The average molecular weight is 205 g/mol. The minimum atomic E-state index is -0.354. The number of hydrogen-bond donors (Lipinski definition) is 2. The lowest BCUT2D eigenvalue weighted by atomic mass is 10.3. The van der Waals surface area contributed by atoms with Gasteiger partial charge in [-0.05, 0) is 24.3 Å². The number of halogens is 1. The van der Waals surface area contributed by atoms with Crippen molar-refractivity contribution in [3.05, 3.63) is 60.4 Å². The van der Waals surface area contributed by atoms with Crippen LogP contribution in [0.3, 0.4) is 0 Å². The summed E-state index contributed by atoms with van der Waals surface area (Å²) in [5, 5.41) is 8.63. The Morgan fingerprint density at radius 3 is 1.73 bits per heavy atom. The Balaban J connectivity index is 0.000000151. The summed E-state index contributed by atoms with van der Waals surface area (Å²) < 4.78 is 12.2. The minimum absolute atomic E-state index is 0.201. The third kappa shape index (κ3) is 4.13. The predicted octanol–water partition coefficient (Wildman–Crippen LogP) is 2.80. The topological polar surface area (TPSA) is 46.2 Å². The Morgan fingerprint density at radius 1 is 0.867 bits per heavy atom. The second-order valence-corrected chi connectivity index (χ2v) is 2.86. The van der Waals surface area contributed by atoms with E-state index in [-0.39, 0.29) is 11.5 Å². The SMILES string of the molecule is Nc1ccccc1F.Oc1ccccc1. The van der Waals surface area contributed by atoms with E-state index in [4.69, 9.17) is 10.8 Å². The molecule has 0 atom stereocenters. The van der Waals surface area contributed by atoms with Crippen LogP contribution in [0.25, 0.3) is 0 Å². The van der Waals surface area contributed by atoms with Gasteiger partial charge in [0.15, 0.2) is 0 Å². The summed E-state index contributed by atoms with van der Waals surface area (Å²) in [5.41, 5.74) is 5.35. The number of para-hydroxylation sites is 2. The number of benzene rings is 2. The highest BCUT2D eigenvalue weighted by Crippen LogP contribution is 2.05. The smallest absolute Gasteiger partial charge is 0.146 e. The van der Waals surface area contributed by atoms with Gasteiger partial charge < -0.3 is 10.8 Å². The Bertz CT molecular complexity index is 382. The van der Waals surface area contributed by atoms with Gasteiger partial charge in [-0.1, -0.05) is 30.3 Å². The Labute approximate surface area is 87.8 Å². The highest BCUT2D eigenvalue weighted by Gasteiger charge is 1.89. The molecule has 2 aromatic rings. The molecule has 0 bridgehead atoms. The van der Waals surface area contributed by atoms with Gasteiger partial charge in [-0.3, -0.25) is 0 Å². The average Bonchev–Trinajstić information content (AvgIpc) is 2.25. The van der Waals surface area contributed by atoms with Gasteiger partial charge in [0.05, 0.1) is 5.69 Å². The van der Waals surface area contributed by atoms with Gasteiger partial charge in [-0.25, -0.2) is 4.39 Å². The van der Waals surface area contributed by atoms with Crippen molar-refractivity contribution in [1.82, 2.24) is 0 Å².